The Balaban J connectivity index is 1.88. The molecule has 3 aliphatic carbocycles. The predicted molar refractivity (Wildman–Crippen MR) is 97.7 cm³/mol. The number of methoxy groups -OCH3 is 1. The molecule has 25 heavy (non-hydrogen) atoms. The maximum Gasteiger partial charge on any atom is 0.134 e. The lowest BCUT2D eigenvalue weighted by Crippen LogP contribution is -2.30. The van der Waals surface area contributed by atoms with Crippen LogP contribution in [0.2, 0.25) is 0 Å². The third kappa shape index (κ3) is 2.74. The third-order valence-corrected chi connectivity index (χ3v) is 6.15. The van der Waals surface area contributed by atoms with E-state index in [1.807, 2.05) is 6.07 Å². The lowest BCUT2D eigenvalue weighted by atomic mass is 9.62. The predicted octanol–water partition coefficient (Wildman–Crippen LogP) is 5.31. The average Bonchev–Trinajstić information content (AvgIpc) is 2.65. The molecule has 0 heterocycles. The second kappa shape index (κ2) is 6.59. The summed E-state index contributed by atoms with van der Waals surface area (Å²) in [6.45, 7) is 0. The van der Waals surface area contributed by atoms with Crippen molar-refractivity contribution >= 4 is 5.76 Å². The number of fused-ring (bicyclic) bond motifs is 3. The summed E-state index contributed by atoms with van der Waals surface area (Å²) < 4.78 is 28.7. The van der Waals surface area contributed by atoms with Gasteiger partial charge in [-0.15, -0.1) is 0 Å². The number of benzene rings is 1. The first-order valence-corrected chi connectivity index (χ1v) is 9.24. The lowest BCUT2D eigenvalue weighted by molar-refractivity contribution is 0.311. The van der Waals surface area contributed by atoms with Crippen molar-refractivity contribution in [1.82, 2.24) is 0 Å². The van der Waals surface area contributed by atoms with Gasteiger partial charge in [0.1, 0.15) is 17.6 Å². The summed E-state index contributed by atoms with van der Waals surface area (Å²) in [7, 11) is -2.57. The Morgan fingerprint density at radius 3 is 2.96 bits per heavy atom. The molecule has 1 aromatic carbocycles. The van der Waals surface area contributed by atoms with Gasteiger partial charge in [0.25, 0.3) is 0 Å². The first-order chi connectivity index (χ1) is 13.4. The van der Waals surface area contributed by atoms with Gasteiger partial charge < -0.3 is 9.84 Å². The van der Waals surface area contributed by atoms with Crippen LogP contribution in [-0.2, 0) is 4.74 Å². The molecule has 0 spiro atoms. The Morgan fingerprint density at radius 1 is 1.28 bits per heavy atom. The highest BCUT2D eigenvalue weighted by atomic mass is 16.5. The maximum atomic E-state index is 10.2. The van der Waals surface area contributed by atoms with Crippen LogP contribution in [0.4, 0.5) is 0 Å². The van der Waals surface area contributed by atoms with E-state index in [1.165, 1.54) is 37.0 Å². The summed E-state index contributed by atoms with van der Waals surface area (Å²) >= 11 is 0. The van der Waals surface area contributed by atoms with Gasteiger partial charge >= 0.3 is 0 Å². The van der Waals surface area contributed by atoms with E-state index in [2.05, 4.69) is 0 Å². The Kier molecular flexibility index (Phi) is 3.44. The summed E-state index contributed by atoms with van der Waals surface area (Å²) in [5, 5.41) is 19.3. The van der Waals surface area contributed by atoms with Crippen molar-refractivity contribution in [3.63, 3.8) is 0 Å². The minimum atomic E-state index is -2.57. The molecule has 1 aromatic rings. The molecule has 2 bridgehead atoms. The molecule has 0 saturated heterocycles. The zero-order chi connectivity index (χ0) is 19.9. The quantitative estimate of drug-likeness (QED) is 0.587. The van der Waals surface area contributed by atoms with Gasteiger partial charge in [0.2, 0.25) is 0 Å². The van der Waals surface area contributed by atoms with E-state index < -0.39 is 7.04 Å². The van der Waals surface area contributed by atoms with Crippen LogP contribution >= 0.6 is 0 Å². The molecular weight excluding hydrogens is 310 g/mol. The smallest absolute Gasteiger partial charge is 0.134 e. The lowest BCUT2D eigenvalue weighted by Gasteiger charge is -2.43. The molecule has 3 aliphatic rings. The van der Waals surface area contributed by atoms with Crippen LogP contribution in [0, 0.1) is 23.2 Å². The molecule has 1 saturated carbocycles. The molecule has 0 aromatic heterocycles. The molecule has 0 aliphatic heterocycles. The number of hydrogen-bond donors (Lipinski definition) is 1. The van der Waals surface area contributed by atoms with Gasteiger partial charge in [0.15, 0.2) is 0 Å². The highest BCUT2D eigenvalue weighted by Crippen LogP contribution is 2.53. The van der Waals surface area contributed by atoms with Gasteiger partial charge in [-0.1, -0.05) is 17.6 Å². The number of hydrogen-bond acceptors (Lipinski definition) is 3. The third-order valence-electron chi connectivity index (χ3n) is 6.15. The number of phenolic OH excluding ortho intramolecular Hbond substituents is 1. The zero-order valence-electron chi connectivity index (χ0n) is 17.3. The first-order valence-electron chi connectivity index (χ1n) is 10.7. The van der Waals surface area contributed by atoms with E-state index in [4.69, 9.17) is 14.1 Å². The second-order valence-electron chi connectivity index (χ2n) is 7.45. The molecule has 4 rings (SSSR count). The SMILES string of the molecule is [2H]C([2H])([2H])OC(=C1C2CCCC1C1=C(CCCC1)C2)c1ccc(C#N)c(O)c1. The summed E-state index contributed by atoms with van der Waals surface area (Å²) in [6, 6.07) is 6.62. The molecule has 3 nitrogen and oxygen atoms in total. The van der Waals surface area contributed by atoms with Crippen LogP contribution in [0.1, 0.15) is 66.6 Å². The average molecular weight is 338 g/mol. The number of phenols is 1. The molecule has 0 radical (unpaired) electrons. The molecule has 2 unspecified atom stereocenters. The highest BCUT2D eigenvalue weighted by molar-refractivity contribution is 5.68. The van der Waals surface area contributed by atoms with Gasteiger partial charge in [0, 0.05) is 11.5 Å². The minimum Gasteiger partial charge on any atom is -0.507 e. The summed E-state index contributed by atoms with van der Waals surface area (Å²) in [5.74, 6) is 0.779. The Labute approximate surface area is 153 Å². The van der Waals surface area contributed by atoms with Crippen LogP contribution in [0.25, 0.3) is 5.76 Å². The first kappa shape index (κ1) is 13.1. The van der Waals surface area contributed by atoms with E-state index >= 15 is 0 Å². The van der Waals surface area contributed by atoms with Crippen LogP contribution in [0.3, 0.4) is 0 Å². The molecule has 2 atom stereocenters. The molecule has 0 amide bonds. The van der Waals surface area contributed by atoms with Gasteiger partial charge in [0.05, 0.1) is 16.7 Å². The van der Waals surface area contributed by atoms with Crippen molar-refractivity contribution in [2.45, 2.75) is 51.4 Å². The van der Waals surface area contributed by atoms with Crippen molar-refractivity contribution in [3.05, 3.63) is 46.0 Å². The summed E-state index contributed by atoms with van der Waals surface area (Å²) in [5.41, 5.74) is 4.89. The number of ether oxygens (including phenoxy) is 1. The van der Waals surface area contributed by atoms with E-state index in [0.717, 1.165) is 37.7 Å². The maximum absolute atomic E-state index is 10.2. The zero-order valence-corrected chi connectivity index (χ0v) is 14.3. The van der Waals surface area contributed by atoms with Gasteiger partial charge in [-0.25, -0.2) is 0 Å². The Bertz CT molecular complexity index is 892. The molecule has 1 fully saturated rings. The van der Waals surface area contributed by atoms with E-state index in [9.17, 15) is 5.11 Å². The van der Waals surface area contributed by atoms with Crippen LogP contribution in [0.5, 0.6) is 5.75 Å². The van der Waals surface area contributed by atoms with Gasteiger partial charge in [-0.2, -0.15) is 5.26 Å². The topological polar surface area (TPSA) is 53.2 Å². The number of nitriles is 1. The largest absolute Gasteiger partial charge is 0.507 e. The van der Waals surface area contributed by atoms with E-state index in [1.54, 1.807) is 11.6 Å². The number of nitrogens with zero attached hydrogens (tertiary/aromatic N) is 1. The van der Waals surface area contributed by atoms with Crippen LogP contribution in [-0.4, -0.2) is 12.1 Å². The standard InChI is InChI=1S/C22H25NO2/c1-25-22(16-9-10-17(13-23)20(24)12-16)21-15-6-4-8-19(21)18-7-3-2-5-14(18)11-15/h9-10,12,15,19,24H,2-8,11H2,1H3/i1D3. The van der Waals surface area contributed by atoms with Crippen molar-refractivity contribution < 1.29 is 14.0 Å². The number of rotatable bonds is 2. The fourth-order valence-electron chi connectivity index (χ4n) is 5.08. The minimum absolute atomic E-state index is 0.147. The van der Waals surface area contributed by atoms with Crippen LogP contribution in [0.15, 0.2) is 34.9 Å². The molecule has 3 heteroatoms. The normalized spacial score (nSPS) is 29.6. The Hall–Kier alpha value is -2.21. The van der Waals surface area contributed by atoms with Crippen LogP contribution < -0.4 is 0 Å². The number of aromatic hydroxyl groups is 1. The van der Waals surface area contributed by atoms with Crippen molar-refractivity contribution in [1.29, 1.82) is 5.26 Å². The molecular formula is C22H25NO2. The van der Waals surface area contributed by atoms with Gasteiger partial charge in [-0.05, 0) is 74.6 Å². The Morgan fingerprint density at radius 2 is 2.16 bits per heavy atom. The molecule has 1 N–H and O–H groups in total. The second-order valence-corrected chi connectivity index (χ2v) is 7.45. The van der Waals surface area contributed by atoms with Gasteiger partial charge in [-0.3, -0.25) is 0 Å². The monoisotopic (exact) mass is 338 g/mol. The summed E-state index contributed by atoms with van der Waals surface area (Å²) in [4.78, 5) is 0. The van der Waals surface area contributed by atoms with E-state index in [0.29, 0.717) is 17.2 Å². The highest BCUT2D eigenvalue weighted by Gasteiger charge is 2.39. The van der Waals surface area contributed by atoms with Crippen molar-refractivity contribution in [2.24, 2.45) is 11.8 Å². The fraction of sp³-hybridized carbons (Fsp3) is 0.500. The van der Waals surface area contributed by atoms with Crippen molar-refractivity contribution in [3.8, 4) is 11.8 Å². The molecule has 130 valence electrons. The number of allylic oxidation sites excluding steroid dienone is 3. The summed E-state index contributed by atoms with van der Waals surface area (Å²) in [6.07, 6.45) is 8.92. The van der Waals surface area contributed by atoms with E-state index in [-0.39, 0.29) is 17.2 Å². The van der Waals surface area contributed by atoms with Crippen molar-refractivity contribution in [2.75, 3.05) is 7.04 Å². The fourth-order valence-corrected chi connectivity index (χ4v) is 5.08.